The monoisotopic (exact) mass is 387 g/mol. The Bertz CT molecular complexity index is 989. The van der Waals surface area contributed by atoms with Crippen LogP contribution in [0.5, 0.6) is 5.75 Å². The fourth-order valence-electron chi connectivity index (χ4n) is 2.08. The summed E-state index contributed by atoms with van der Waals surface area (Å²) in [5, 5.41) is 13.5. The first-order valence-electron chi connectivity index (χ1n) is 7.69. The second-order valence-corrected chi connectivity index (χ2v) is 6.27. The Labute approximate surface area is 156 Å². The minimum absolute atomic E-state index is 0.0589. The molecule has 0 saturated heterocycles. The number of aromatic nitrogens is 1. The molecule has 0 aliphatic heterocycles. The Balaban J connectivity index is 1.49. The third kappa shape index (κ3) is 4.98. The number of para-hydroxylation sites is 1. The third-order valence-electron chi connectivity index (χ3n) is 3.29. The molecule has 1 N–H and O–H groups in total. The summed E-state index contributed by atoms with van der Waals surface area (Å²) in [5.74, 6) is -0.743. The van der Waals surface area contributed by atoms with E-state index in [1.165, 1.54) is 18.2 Å². The van der Waals surface area contributed by atoms with Crippen molar-refractivity contribution in [2.24, 2.45) is 0 Å². The number of amides is 1. The summed E-state index contributed by atoms with van der Waals surface area (Å²) in [4.78, 5) is 37.9. The number of nitro groups is 1. The number of nitrogens with zero attached hydrogens (tertiary/aromatic N) is 2. The van der Waals surface area contributed by atoms with Crippen molar-refractivity contribution in [1.29, 1.82) is 0 Å². The van der Waals surface area contributed by atoms with Crippen LogP contribution < -0.4 is 10.1 Å². The van der Waals surface area contributed by atoms with Crippen LogP contribution in [0, 0.1) is 10.1 Å². The molecule has 10 heteroatoms. The topological polar surface area (TPSA) is 121 Å². The molecule has 0 saturated carbocycles. The normalized spacial score (nSPS) is 10.4. The fourth-order valence-corrected chi connectivity index (χ4v) is 3.00. The SMILES string of the molecule is O=C(COC(=O)COc1ccccc1)Nc1nc2ccc([N+](=O)[O-])cc2s1. The maximum Gasteiger partial charge on any atom is 0.344 e. The molecule has 1 heterocycles. The van der Waals surface area contributed by atoms with Crippen LogP contribution in [0.4, 0.5) is 10.8 Å². The van der Waals surface area contributed by atoms with Crippen molar-refractivity contribution in [3.05, 3.63) is 58.6 Å². The van der Waals surface area contributed by atoms with Crippen LogP contribution in [-0.2, 0) is 14.3 Å². The lowest BCUT2D eigenvalue weighted by Gasteiger charge is -2.06. The minimum atomic E-state index is -0.686. The lowest BCUT2D eigenvalue weighted by molar-refractivity contribution is -0.384. The number of carbonyl (C=O) groups excluding carboxylic acids is 2. The van der Waals surface area contributed by atoms with Gasteiger partial charge in [-0.05, 0) is 18.2 Å². The number of benzene rings is 2. The number of thiazole rings is 1. The zero-order chi connectivity index (χ0) is 19.2. The number of rotatable bonds is 7. The maximum atomic E-state index is 11.9. The summed E-state index contributed by atoms with van der Waals surface area (Å²) in [7, 11) is 0. The van der Waals surface area contributed by atoms with Crippen LogP contribution in [0.2, 0.25) is 0 Å². The Morgan fingerprint density at radius 1 is 1.15 bits per heavy atom. The summed E-state index contributed by atoms with van der Waals surface area (Å²) in [5.41, 5.74) is 0.463. The molecule has 0 aliphatic carbocycles. The van der Waals surface area contributed by atoms with Gasteiger partial charge in [0.05, 0.1) is 15.1 Å². The number of esters is 1. The predicted molar refractivity (Wildman–Crippen MR) is 97.8 cm³/mol. The molecule has 27 heavy (non-hydrogen) atoms. The average molecular weight is 387 g/mol. The molecule has 0 bridgehead atoms. The molecule has 1 amide bonds. The minimum Gasteiger partial charge on any atom is -0.482 e. The zero-order valence-corrected chi connectivity index (χ0v) is 14.6. The lowest BCUT2D eigenvalue weighted by atomic mass is 10.3. The van der Waals surface area contributed by atoms with Crippen molar-refractivity contribution >= 4 is 44.2 Å². The van der Waals surface area contributed by atoms with E-state index in [4.69, 9.17) is 9.47 Å². The summed E-state index contributed by atoms with van der Waals surface area (Å²) in [6.07, 6.45) is 0. The van der Waals surface area contributed by atoms with Gasteiger partial charge in [-0.25, -0.2) is 9.78 Å². The quantitative estimate of drug-likeness (QED) is 0.376. The van der Waals surface area contributed by atoms with Crippen LogP contribution in [0.3, 0.4) is 0 Å². The molecule has 3 aromatic rings. The molecule has 0 unspecified atom stereocenters. The number of fused-ring (bicyclic) bond motifs is 1. The number of hydrogen-bond acceptors (Lipinski definition) is 8. The van der Waals surface area contributed by atoms with E-state index in [1.54, 1.807) is 24.3 Å². The van der Waals surface area contributed by atoms with Crippen molar-refractivity contribution in [2.45, 2.75) is 0 Å². The summed E-state index contributed by atoms with van der Waals surface area (Å²) in [6, 6.07) is 12.9. The number of nitrogens with one attached hydrogen (secondary N) is 1. The molecule has 0 spiro atoms. The van der Waals surface area contributed by atoms with Gasteiger partial charge in [0.15, 0.2) is 18.3 Å². The van der Waals surface area contributed by atoms with Crippen LogP contribution in [0.25, 0.3) is 10.2 Å². The zero-order valence-electron chi connectivity index (χ0n) is 13.8. The lowest BCUT2D eigenvalue weighted by Crippen LogP contribution is -2.23. The molecule has 2 aromatic carbocycles. The highest BCUT2D eigenvalue weighted by atomic mass is 32.1. The number of non-ortho nitro benzene ring substituents is 1. The molecule has 138 valence electrons. The number of ether oxygens (including phenoxy) is 2. The van der Waals surface area contributed by atoms with Gasteiger partial charge in [-0.15, -0.1) is 0 Å². The van der Waals surface area contributed by atoms with E-state index in [0.717, 1.165) is 11.3 Å². The molecular formula is C17H13N3O6S. The van der Waals surface area contributed by atoms with Crippen LogP contribution in [-0.4, -0.2) is 35.0 Å². The van der Waals surface area contributed by atoms with Crippen LogP contribution >= 0.6 is 11.3 Å². The highest BCUT2D eigenvalue weighted by Crippen LogP contribution is 2.29. The van der Waals surface area contributed by atoms with Gasteiger partial charge in [0, 0.05) is 12.1 Å². The van der Waals surface area contributed by atoms with Crippen LogP contribution in [0.15, 0.2) is 48.5 Å². The van der Waals surface area contributed by atoms with Crippen LogP contribution in [0.1, 0.15) is 0 Å². The van der Waals surface area contributed by atoms with E-state index in [9.17, 15) is 19.7 Å². The third-order valence-corrected chi connectivity index (χ3v) is 4.23. The van der Waals surface area contributed by atoms with Crippen molar-refractivity contribution in [1.82, 2.24) is 4.98 Å². The van der Waals surface area contributed by atoms with Crippen molar-refractivity contribution in [3.8, 4) is 5.75 Å². The predicted octanol–water partition coefficient (Wildman–Crippen LogP) is 2.77. The first kappa shape index (κ1) is 18.3. The number of hydrogen-bond donors (Lipinski definition) is 1. The van der Waals surface area contributed by atoms with E-state index < -0.39 is 23.4 Å². The van der Waals surface area contributed by atoms with Gasteiger partial charge in [-0.2, -0.15) is 0 Å². The van der Waals surface area contributed by atoms with Crippen molar-refractivity contribution in [2.75, 3.05) is 18.5 Å². The summed E-state index contributed by atoms with van der Waals surface area (Å²) >= 11 is 1.09. The molecule has 0 aliphatic rings. The molecule has 0 fully saturated rings. The Kier molecular flexibility index (Phi) is 5.57. The molecule has 3 rings (SSSR count). The standard InChI is InChI=1S/C17H13N3O6S/c21-15(9-26-16(22)10-25-12-4-2-1-3-5-12)19-17-18-13-7-6-11(20(23)24)8-14(13)27-17/h1-8H,9-10H2,(H,18,19,21). The van der Waals surface area contributed by atoms with Gasteiger partial charge >= 0.3 is 5.97 Å². The van der Waals surface area contributed by atoms with E-state index in [0.29, 0.717) is 16.0 Å². The van der Waals surface area contributed by atoms with Gasteiger partial charge in [-0.3, -0.25) is 20.2 Å². The highest BCUT2D eigenvalue weighted by molar-refractivity contribution is 7.22. The highest BCUT2D eigenvalue weighted by Gasteiger charge is 2.13. The van der Waals surface area contributed by atoms with Gasteiger partial charge in [0.1, 0.15) is 5.75 Å². The maximum absolute atomic E-state index is 11.9. The first-order chi connectivity index (χ1) is 13.0. The first-order valence-corrected chi connectivity index (χ1v) is 8.51. The van der Waals surface area contributed by atoms with E-state index in [-0.39, 0.29) is 17.4 Å². The molecule has 0 atom stereocenters. The fraction of sp³-hybridized carbons (Fsp3) is 0.118. The Hall–Kier alpha value is -3.53. The number of anilines is 1. The average Bonchev–Trinajstić information content (AvgIpc) is 3.06. The Morgan fingerprint density at radius 3 is 2.67 bits per heavy atom. The summed E-state index contributed by atoms with van der Waals surface area (Å²) < 4.78 is 10.6. The second-order valence-electron chi connectivity index (χ2n) is 5.24. The molecular weight excluding hydrogens is 374 g/mol. The number of nitro benzene ring substituents is 1. The van der Waals surface area contributed by atoms with Gasteiger partial charge in [-0.1, -0.05) is 29.5 Å². The molecule has 1 aromatic heterocycles. The molecule has 9 nitrogen and oxygen atoms in total. The number of carbonyl (C=O) groups is 2. The largest absolute Gasteiger partial charge is 0.482 e. The van der Waals surface area contributed by atoms with E-state index in [1.807, 2.05) is 6.07 Å². The molecule has 0 radical (unpaired) electrons. The van der Waals surface area contributed by atoms with Gasteiger partial charge < -0.3 is 9.47 Å². The van der Waals surface area contributed by atoms with Gasteiger partial charge in [0.2, 0.25) is 0 Å². The smallest absolute Gasteiger partial charge is 0.344 e. The van der Waals surface area contributed by atoms with Crippen molar-refractivity contribution in [3.63, 3.8) is 0 Å². The Morgan fingerprint density at radius 2 is 1.93 bits per heavy atom. The van der Waals surface area contributed by atoms with E-state index in [2.05, 4.69) is 10.3 Å². The summed E-state index contributed by atoms with van der Waals surface area (Å²) in [6.45, 7) is -0.810. The second kappa shape index (κ2) is 8.23. The van der Waals surface area contributed by atoms with E-state index >= 15 is 0 Å². The van der Waals surface area contributed by atoms with Gasteiger partial charge in [0.25, 0.3) is 11.6 Å². The van der Waals surface area contributed by atoms with Crippen molar-refractivity contribution < 1.29 is 24.0 Å².